The van der Waals surface area contributed by atoms with Crippen molar-refractivity contribution in [2.24, 2.45) is 0 Å². The molecule has 1 aromatic carbocycles. The molecule has 0 spiro atoms. The second-order valence-electron chi connectivity index (χ2n) is 10.6. The molecule has 9 heteroatoms. The van der Waals surface area contributed by atoms with Crippen LogP contribution in [0.5, 0.6) is 0 Å². The van der Waals surface area contributed by atoms with E-state index in [1.165, 1.54) is 11.9 Å². The normalized spacial score (nSPS) is 26.7. The summed E-state index contributed by atoms with van der Waals surface area (Å²) in [5.74, 6) is 0.681. The van der Waals surface area contributed by atoms with Gasteiger partial charge in [0.25, 0.3) is 5.91 Å². The number of ether oxygens (including phenoxy) is 3. The smallest absolute Gasteiger partial charge is 0.272 e. The molecule has 0 unspecified atom stereocenters. The van der Waals surface area contributed by atoms with E-state index in [-0.39, 0.29) is 24.2 Å². The Labute approximate surface area is 225 Å². The number of benzene rings is 1. The molecule has 3 aliphatic rings. The van der Waals surface area contributed by atoms with Crippen LogP contribution in [0.15, 0.2) is 36.7 Å². The zero-order valence-electron chi connectivity index (χ0n) is 22.6. The number of nitrogens with zero attached hydrogens (tertiary/aromatic N) is 3. The minimum atomic E-state index is -0.0229. The fourth-order valence-electron chi connectivity index (χ4n) is 5.85. The summed E-state index contributed by atoms with van der Waals surface area (Å²) in [6.45, 7) is 5.39. The minimum Gasteiger partial charge on any atom is -0.379 e. The lowest BCUT2D eigenvalue weighted by Gasteiger charge is -2.38. The first-order valence-corrected chi connectivity index (χ1v) is 14.0. The second-order valence-corrected chi connectivity index (χ2v) is 10.6. The maximum atomic E-state index is 13.4. The molecule has 3 saturated heterocycles. The molecule has 9 nitrogen and oxygen atoms in total. The Kier molecular flexibility index (Phi) is 9.22. The molecule has 3 fully saturated rings. The average molecular weight is 524 g/mol. The van der Waals surface area contributed by atoms with Gasteiger partial charge in [0.1, 0.15) is 17.8 Å². The Morgan fingerprint density at radius 1 is 1.11 bits per heavy atom. The van der Waals surface area contributed by atoms with E-state index in [1.54, 1.807) is 7.11 Å². The first kappa shape index (κ1) is 27.0. The van der Waals surface area contributed by atoms with Gasteiger partial charge < -0.3 is 29.7 Å². The van der Waals surface area contributed by atoms with Crippen molar-refractivity contribution < 1.29 is 19.0 Å². The van der Waals surface area contributed by atoms with Crippen molar-refractivity contribution in [3.8, 4) is 0 Å². The number of carbonyl (C=O) groups is 1. The summed E-state index contributed by atoms with van der Waals surface area (Å²) in [5.41, 5.74) is 2.50. The van der Waals surface area contributed by atoms with Gasteiger partial charge in [0.15, 0.2) is 0 Å². The highest BCUT2D eigenvalue weighted by Gasteiger charge is 2.31. The van der Waals surface area contributed by atoms with Crippen molar-refractivity contribution >= 4 is 11.7 Å². The van der Waals surface area contributed by atoms with E-state index in [2.05, 4.69) is 44.9 Å². The molecule has 0 bridgehead atoms. The number of anilines is 1. The van der Waals surface area contributed by atoms with Gasteiger partial charge in [-0.3, -0.25) is 4.79 Å². The van der Waals surface area contributed by atoms with Gasteiger partial charge in [0.05, 0.1) is 24.9 Å². The van der Waals surface area contributed by atoms with Gasteiger partial charge in [-0.1, -0.05) is 30.3 Å². The quantitative estimate of drug-likeness (QED) is 0.543. The van der Waals surface area contributed by atoms with Crippen molar-refractivity contribution in [3.05, 3.63) is 53.5 Å². The van der Waals surface area contributed by atoms with Gasteiger partial charge >= 0.3 is 0 Å². The average Bonchev–Trinajstić information content (AvgIpc) is 2.97. The van der Waals surface area contributed by atoms with Crippen molar-refractivity contribution in [2.75, 3.05) is 45.3 Å². The van der Waals surface area contributed by atoms with Gasteiger partial charge in [0.2, 0.25) is 0 Å². The number of likely N-dealkylation sites (tertiary alicyclic amines) is 1. The summed E-state index contributed by atoms with van der Waals surface area (Å²) in [7, 11) is 1.74. The van der Waals surface area contributed by atoms with Gasteiger partial charge in [-0.25, -0.2) is 9.97 Å². The molecule has 0 aliphatic carbocycles. The molecule has 1 amide bonds. The van der Waals surface area contributed by atoms with Gasteiger partial charge in [-0.15, -0.1) is 0 Å². The Bertz CT molecular complexity index is 1050. The highest BCUT2D eigenvalue weighted by atomic mass is 16.5. The topological polar surface area (TPSA) is 97.8 Å². The molecule has 3 aliphatic heterocycles. The molecule has 0 radical (unpaired) electrons. The van der Waals surface area contributed by atoms with Crippen LogP contribution in [-0.4, -0.2) is 85.0 Å². The third-order valence-electron chi connectivity index (χ3n) is 8.14. The highest BCUT2D eigenvalue weighted by molar-refractivity contribution is 5.94. The number of nitrogens with one attached hydrogen (secondary N) is 2. The summed E-state index contributed by atoms with van der Waals surface area (Å²) in [4.78, 5) is 24.1. The number of hydrogen-bond donors (Lipinski definition) is 2. The lowest BCUT2D eigenvalue weighted by atomic mass is 9.98. The Morgan fingerprint density at radius 3 is 2.71 bits per heavy atom. The first-order valence-electron chi connectivity index (χ1n) is 14.0. The summed E-state index contributed by atoms with van der Waals surface area (Å²) in [6, 6.07) is 11.1. The summed E-state index contributed by atoms with van der Waals surface area (Å²) < 4.78 is 17.5. The van der Waals surface area contributed by atoms with Crippen LogP contribution in [0.1, 0.15) is 66.2 Å². The number of carbonyl (C=O) groups excluding carboxylic acids is 1. The van der Waals surface area contributed by atoms with E-state index in [1.807, 2.05) is 17.9 Å². The van der Waals surface area contributed by atoms with Crippen LogP contribution in [0, 0.1) is 6.92 Å². The van der Waals surface area contributed by atoms with Crippen LogP contribution in [0.25, 0.3) is 0 Å². The molecular formula is C29H41N5O4. The molecule has 0 saturated carbocycles. The number of aromatic nitrogens is 2. The minimum absolute atomic E-state index is 0.0229. The summed E-state index contributed by atoms with van der Waals surface area (Å²) >= 11 is 0. The predicted octanol–water partition coefficient (Wildman–Crippen LogP) is 3.51. The number of amides is 1. The van der Waals surface area contributed by atoms with E-state index >= 15 is 0 Å². The van der Waals surface area contributed by atoms with Crippen molar-refractivity contribution in [1.82, 2.24) is 20.2 Å². The van der Waals surface area contributed by atoms with E-state index in [0.29, 0.717) is 49.8 Å². The SMILES string of the molecule is CO[C@@H]1COCC[C@@H]1NC1CCN(C(=O)c2ncnc(NC[C@@H]3CCC[C@H](c4ccccc4)O3)c2C)CC1. The monoisotopic (exact) mass is 523 g/mol. The first-order chi connectivity index (χ1) is 18.6. The van der Waals surface area contributed by atoms with Crippen LogP contribution in [0.4, 0.5) is 5.82 Å². The highest BCUT2D eigenvalue weighted by Crippen LogP contribution is 2.31. The molecule has 5 rings (SSSR count). The van der Waals surface area contributed by atoms with Crippen LogP contribution in [0.2, 0.25) is 0 Å². The summed E-state index contributed by atoms with van der Waals surface area (Å²) in [6.07, 6.45) is 7.76. The largest absolute Gasteiger partial charge is 0.379 e. The van der Waals surface area contributed by atoms with Crippen LogP contribution >= 0.6 is 0 Å². The Balaban J connectivity index is 1.13. The van der Waals surface area contributed by atoms with Crippen molar-refractivity contribution in [3.63, 3.8) is 0 Å². The maximum Gasteiger partial charge on any atom is 0.272 e. The number of rotatable bonds is 8. The molecule has 206 valence electrons. The third-order valence-corrected chi connectivity index (χ3v) is 8.14. The zero-order chi connectivity index (χ0) is 26.3. The van der Waals surface area contributed by atoms with Crippen molar-refractivity contribution in [2.45, 2.75) is 75.8 Å². The molecule has 2 aromatic rings. The number of methoxy groups -OCH3 is 1. The van der Waals surface area contributed by atoms with E-state index < -0.39 is 0 Å². The maximum absolute atomic E-state index is 13.4. The van der Waals surface area contributed by atoms with Crippen LogP contribution in [0.3, 0.4) is 0 Å². The fraction of sp³-hybridized carbons (Fsp3) is 0.621. The lowest BCUT2D eigenvalue weighted by molar-refractivity contribution is -0.0533. The molecular weight excluding hydrogens is 482 g/mol. The molecule has 2 N–H and O–H groups in total. The van der Waals surface area contributed by atoms with Crippen LogP contribution < -0.4 is 10.6 Å². The van der Waals surface area contributed by atoms with Crippen LogP contribution in [-0.2, 0) is 14.2 Å². The predicted molar refractivity (Wildman–Crippen MR) is 145 cm³/mol. The molecule has 4 heterocycles. The van der Waals surface area contributed by atoms with Gasteiger partial charge in [-0.2, -0.15) is 0 Å². The lowest BCUT2D eigenvalue weighted by Crippen LogP contribution is -2.54. The second kappa shape index (κ2) is 13.0. The van der Waals surface area contributed by atoms with Gasteiger partial charge in [0, 0.05) is 51.0 Å². The van der Waals surface area contributed by atoms with Crippen molar-refractivity contribution in [1.29, 1.82) is 0 Å². The van der Waals surface area contributed by atoms with E-state index in [4.69, 9.17) is 14.2 Å². The molecule has 1 aromatic heterocycles. The van der Waals surface area contributed by atoms with E-state index in [0.717, 1.165) is 50.7 Å². The Morgan fingerprint density at radius 2 is 1.92 bits per heavy atom. The van der Waals surface area contributed by atoms with E-state index in [9.17, 15) is 4.79 Å². The zero-order valence-corrected chi connectivity index (χ0v) is 22.6. The number of piperidine rings is 1. The Hall–Kier alpha value is -2.59. The molecule has 38 heavy (non-hydrogen) atoms. The number of hydrogen-bond acceptors (Lipinski definition) is 8. The third kappa shape index (κ3) is 6.51. The summed E-state index contributed by atoms with van der Waals surface area (Å²) in [5, 5.41) is 7.19. The fourth-order valence-corrected chi connectivity index (χ4v) is 5.85. The van der Waals surface area contributed by atoms with Gasteiger partial charge in [-0.05, 0) is 51.0 Å². The molecule has 4 atom stereocenters. The standard InChI is InChI=1S/C29H41N5O4/c1-20-27(29(35)34-14-11-22(12-15-34)33-24-13-16-37-18-26(24)36-2)31-19-32-28(20)30-17-23-9-6-10-25(38-23)21-7-4-3-5-8-21/h3-5,7-8,19,22-26,33H,6,9-18H2,1-2H3,(H,30,31,32)/t23-,24-,25+,26+/m0/s1.